The molecule has 0 aliphatic carbocycles. The molecule has 1 aliphatic heterocycles. The van der Waals surface area contributed by atoms with Gasteiger partial charge in [0.1, 0.15) is 5.57 Å². The monoisotopic (exact) mass is 325 g/mol. The number of hydrogen-bond acceptors (Lipinski definition) is 4. The minimum absolute atomic E-state index is 0.119. The number of carbonyl (C=O) groups excluding carboxylic acids is 4. The first kappa shape index (κ1) is 15.7. The lowest BCUT2D eigenvalue weighted by molar-refractivity contribution is -0.134. The molecule has 122 valence electrons. The van der Waals surface area contributed by atoms with Crippen LogP contribution in [0.1, 0.15) is 17.3 Å². The van der Waals surface area contributed by atoms with Gasteiger partial charge in [-0.2, -0.15) is 0 Å². The van der Waals surface area contributed by atoms with Gasteiger partial charge in [0.05, 0.1) is 5.52 Å². The molecule has 0 unspecified atom stereocenters. The van der Waals surface area contributed by atoms with E-state index in [1.807, 2.05) is 0 Å². The van der Waals surface area contributed by atoms with Crippen molar-refractivity contribution in [3.05, 3.63) is 41.6 Å². The molecule has 3 rings (SSSR count). The van der Waals surface area contributed by atoms with E-state index in [9.17, 15) is 19.2 Å². The number of hydrogen-bond donors (Lipinski definition) is 0. The number of barbiturate groups is 1. The van der Waals surface area contributed by atoms with Gasteiger partial charge in [-0.15, -0.1) is 0 Å². The minimum Gasteiger partial charge on any atom is -0.287 e. The fourth-order valence-electron chi connectivity index (χ4n) is 2.71. The topological polar surface area (TPSA) is 79.7 Å². The van der Waals surface area contributed by atoms with E-state index >= 15 is 0 Å². The SMILES string of the molecule is CC(=O)n1cc(C=C2C(=O)N(C)C(=O)N(C)C2=O)c2ccccc21. The van der Waals surface area contributed by atoms with Crippen LogP contribution < -0.4 is 0 Å². The number of carbonyl (C=O) groups is 4. The van der Waals surface area contributed by atoms with Crippen molar-refractivity contribution < 1.29 is 19.2 Å². The van der Waals surface area contributed by atoms with Crippen molar-refractivity contribution in [1.82, 2.24) is 14.4 Å². The quantitative estimate of drug-likeness (QED) is 0.591. The fourth-order valence-corrected chi connectivity index (χ4v) is 2.71. The van der Waals surface area contributed by atoms with Crippen LogP contribution in [-0.4, -0.2) is 52.2 Å². The molecule has 0 N–H and O–H groups in total. The lowest BCUT2D eigenvalue weighted by atomic mass is 10.1. The third-order valence-corrected chi connectivity index (χ3v) is 4.03. The van der Waals surface area contributed by atoms with Gasteiger partial charge in [0.2, 0.25) is 5.91 Å². The number of fused-ring (bicyclic) bond motifs is 1. The zero-order chi connectivity index (χ0) is 17.6. The van der Waals surface area contributed by atoms with Gasteiger partial charge < -0.3 is 0 Å². The molecule has 2 heterocycles. The van der Waals surface area contributed by atoms with Crippen molar-refractivity contribution in [2.45, 2.75) is 6.92 Å². The van der Waals surface area contributed by atoms with Gasteiger partial charge in [-0.25, -0.2) is 4.79 Å². The molecule has 1 aromatic carbocycles. The standard InChI is InChI=1S/C17H15N3O4/c1-10(21)20-9-11(12-6-4-5-7-14(12)20)8-13-15(22)18(2)17(24)19(3)16(13)23/h4-9H,1-3H3. The van der Waals surface area contributed by atoms with E-state index in [0.717, 1.165) is 15.2 Å². The van der Waals surface area contributed by atoms with E-state index in [2.05, 4.69) is 0 Å². The molecule has 7 nitrogen and oxygen atoms in total. The van der Waals surface area contributed by atoms with Crippen molar-refractivity contribution >= 4 is 40.7 Å². The van der Waals surface area contributed by atoms with E-state index < -0.39 is 17.8 Å². The van der Waals surface area contributed by atoms with Crippen LogP contribution in [0.2, 0.25) is 0 Å². The minimum atomic E-state index is -0.673. The van der Waals surface area contributed by atoms with Crippen molar-refractivity contribution in [3.8, 4) is 0 Å². The summed E-state index contributed by atoms with van der Waals surface area (Å²) in [4.78, 5) is 49.9. The van der Waals surface area contributed by atoms with Crippen molar-refractivity contribution in [2.24, 2.45) is 0 Å². The van der Waals surface area contributed by atoms with Gasteiger partial charge >= 0.3 is 6.03 Å². The van der Waals surface area contributed by atoms with Crippen LogP contribution in [0.25, 0.3) is 17.0 Å². The van der Waals surface area contributed by atoms with E-state index in [1.165, 1.54) is 31.7 Å². The van der Waals surface area contributed by atoms with E-state index in [0.29, 0.717) is 11.1 Å². The molecule has 0 spiro atoms. The first-order valence-corrected chi connectivity index (χ1v) is 7.25. The molecular formula is C17H15N3O4. The molecule has 2 aromatic rings. The maximum atomic E-state index is 12.3. The van der Waals surface area contributed by atoms with Crippen LogP contribution in [0.15, 0.2) is 36.0 Å². The highest BCUT2D eigenvalue weighted by Gasteiger charge is 2.37. The molecule has 0 radical (unpaired) electrons. The van der Waals surface area contributed by atoms with Gasteiger partial charge in [-0.1, -0.05) is 18.2 Å². The van der Waals surface area contributed by atoms with Gasteiger partial charge in [0.15, 0.2) is 0 Å². The lowest BCUT2D eigenvalue weighted by Gasteiger charge is -2.28. The molecule has 1 aromatic heterocycles. The van der Waals surface area contributed by atoms with Crippen LogP contribution >= 0.6 is 0 Å². The van der Waals surface area contributed by atoms with Crippen LogP contribution in [0, 0.1) is 0 Å². The smallest absolute Gasteiger partial charge is 0.287 e. The zero-order valence-corrected chi connectivity index (χ0v) is 13.4. The summed E-state index contributed by atoms with van der Waals surface area (Å²) in [5.74, 6) is -1.51. The molecular weight excluding hydrogens is 310 g/mol. The average Bonchev–Trinajstić information content (AvgIpc) is 2.94. The molecule has 24 heavy (non-hydrogen) atoms. The molecule has 1 aliphatic rings. The molecule has 0 saturated carbocycles. The Hall–Kier alpha value is -3.22. The molecule has 7 heteroatoms. The van der Waals surface area contributed by atoms with Crippen LogP contribution in [0.3, 0.4) is 0 Å². The third kappa shape index (κ3) is 2.21. The number of imide groups is 2. The highest BCUT2D eigenvalue weighted by atomic mass is 16.2. The Morgan fingerprint density at radius 3 is 2.17 bits per heavy atom. The van der Waals surface area contributed by atoms with Crippen LogP contribution in [0.4, 0.5) is 4.79 Å². The summed E-state index contributed by atoms with van der Waals surface area (Å²) in [5, 5.41) is 0.739. The summed E-state index contributed by atoms with van der Waals surface area (Å²) in [6.07, 6.45) is 3.00. The lowest BCUT2D eigenvalue weighted by Crippen LogP contribution is -2.52. The number of para-hydroxylation sites is 1. The Kier molecular flexibility index (Phi) is 3.56. The number of urea groups is 1. The second-order valence-corrected chi connectivity index (χ2v) is 5.56. The van der Waals surface area contributed by atoms with Gasteiger partial charge in [0, 0.05) is 38.2 Å². The predicted octanol–water partition coefficient (Wildman–Crippen LogP) is 1.74. The summed E-state index contributed by atoms with van der Waals surface area (Å²) < 4.78 is 1.46. The van der Waals surface area contributed by atoms with Crippen LogP contribution in [0.5, 0.6) is 0 Å². The highest BCUT2D eigenvalue weighted by molar-refractivity contribution is 6.31. The van der Waals surface area contributed by atoms with Crippen molar-refractivity contribution in [2.75, 3.05) is 14.1 Å². The van der Waals surface area contributed by atoms with Gasteiger partial charge in [0.25, 0.3) is 11.8 Å². The normalized spacial score (nSPS) is 15.5. The number of aromatic nitrogens is 1. The Balaban J connectivity index is 2.20. The molecule has 4 amide bonds. The predicted molar refractivity (Wildman–Crippen MR) is 87.2 cm³/mol. The number of amides is 4. The number of rotatable bonds is 1. The Morgan fingerprint density at radius 1 is 1.00 bits per heavy atom. The van der Waals surface area contributed by atoms with Crippen LogP contribution in [-0.2, 0) is 9.59 Å². The molecule has 1 fully saturated rings. The molecule has 0 atom stereocenters. The highest BCUT2D eigenvalue weighted by Crippen LogP contribution is 2.25. The van der Waals surface area contributed by atoms with Gasteiger partial charge in [-0.3, -0.25) is 28.8 Å². The van der Waals surface area contributed by atoms with E-state index in [-0.39, 0.29) is 11.5 Å². The van der Waals surface area contributed by atoms with Gasteiger partial charge in [-0.05, 0) is 12.1 Å². The molecule has 0 bridgehead atoms. The number of likely N-dealkylation sites (N-methyl/N-ethyl adjacent to an activating group) is 2. The number of nitrogens with zero attached hydrogens (tertiary/aromatic N) is 3. The Labute approximate surface area is 137 Å². The zero-order valence-electron chi connectivity index (χ0n) is 13.4. The second-order valence-electron chi connectivity index (χ2n) is 5.56. The van der Waals surface area contributed by atoms with Crippen molar-refractivity contribution in [1.29, 1.82) is 0 Å². The Bertz CT molecular complexity index is 912. The Morgan fingerprint density at radius 2 is 1.58 bits per heavy atom. The first-order chi connectivity index (χ1) is 11.3. The second kappa shape index (κ2) is 5.45. The first-order valence-electron chi connectivity index (χ1n) is 7.25. The third-order valence-electron chi connectivity index (χ3n) is 4.03. The number of benzene rings is 1. The summed E-state index contributed by atoms with van der Waals surface area (Å²) >= 11 is 0. The maximum Gasteiger partial charge on any atom is 0.333 e. The average molecular weight is 325 g/mol. The largest absolute Gasteiger partial charge is 0.333 e. The summed E-state index contributed by atoms with van der Waals surface area (Å²) in [7, 11) is 2.64. The van der Waals surface area contributed by atoms with E-state index in [1.54, 1.807) is 30.5 Å². The summed E-state index contributed by atoms with van der Waals surface area (Å²) in [5.41, 5.74) is 1.13. The van der Waals surface area contributed by atoms with Crippen molar-refractivity contribution in [3.63, 3.8) is 0 Å². The molecule has 1 saturated heterocycles. The maximum absolute atomic E-state index is 12.3. The summed E-state index contributed by atoms with van der Waals surface area (Å²) in [6, 6.07) is 6.52. The van der Waals surface area contributed by atoms with E-state index in [4.69, 9.17) is 0 Å². The fraction of sp³-hybridized carbons (Fsp3) is 0.176. The summed E-state index contributed by atoms with van der Waals surface area (Å²) in [6.45, 7) is 1.43.